The fourth-order valence-electron chi connectivity index (χ4n) is 2.08. The molecule has 0 aliphatic rings. The number of aromatic amines is 1. The Hall–Kier alpha value is -2.81. The standard InChI is InChI=1S/C14H16N4O4S/c1-7(19)16-14(23)18-12(15)11(13(20)17-18)8-4-5-9(21-2)10(6-8)22-3/h4-6H,15H2,1-3H3,(H,17,20)(H,16,19,23). The molecular formula is C14H16N4O4S. The Balaban J connectivity index is 2.53. The maximum Gasteiger partial charge on any atom is 0.274 e. The van der Waals surface area contributed by atoms with Gasteiger partial charge in [0.25, 0.3) is 5.56 Å². The monoisotopic (exact) mass is 336 g/mol. The number of nitrogens with zero attached hydrogens (tertiary/aromatic N) is 1. The lowest BCUT2D eigenvalue weighted by Crippen LogP contribution is -2.33. The first-order valence-electron chi connectivity index (χ1n) is 6.53. The fourth-order valence-corrected chi connectivity index (χ4v) is 2.37. The molecule has 122 valence electrons. The molecule has 1 heterocycles. The quantitative estimate of drug-likeness (QED) is 0.712. The largest absolute Gasteiger partial charge is 0.493 e. The first kappa shape index (κ1) is 16.6. The molecule has 2 aromatic rings. The number of benzene rings is 1. The van der Waals surface area contributed by atoms with Crippen molar-refractivity contribution in [2.45, 2.75) is 6.92 Å². The normalized spacial score (nSPS) is 10.2. The zero-order valence-corrected chi connectivity index (χ0v) is 13.6. The summed E-state index contributed by atoms with van der Waals surface area (Å²) in [5.74, 6) is 0.707. The van der Waals surface area contributed by atoms with Crippen LogP contribution in [0.2, 0.25) is 0 Å². The number of amides is 1. The van der Waals surface area contributed by atoms with E-state index < -0.39 is 5.56 Å². The molecule has 0 radical (unpaired) electrons. The van der Waals surface area contributed by atoms with Crippen LogP contribution in [-0.2, 0) is 4.79 Å². The molecule has 0 spiro atoms. The molecule has 8 nitrogen and oxygen atoms in total. The molecule has 0 aliphatic heterocycles. The van der Waals surface area contributed by atoms with E-state index in [4.69, 9.17) is 27.4 Å². The number of hydrogen-bond acceptors (Lipinski definition) is 6. The second-order valence-corrected chi connectivity index (χ2v) is 4.98. The molecule has 0 saturated carbocycles. The Morgan fingerprint density at radius 3 is 2.52 bits per heavy atom. The summed E-state index contributed by atoms with van der Waals surface area (Å²) in [6, 6.07) is 4.97. The molecule has 0 atom stereocenters. The highest BCUT2D eigenvalue weighted by Gasteiger charge is 2.18. The van der Waals surface area contributed by atoms with Gasteiger partial charge in [-0.05, 0) is 29.9 Å². The van der Waals surface area contributed by atoms with Gasteiger partial charge < -0.3 is 20.5 Å². The van der Waals surface area contributed by atoms with E-state index in [2.05, 4.69) is 10.4 Å². The van der Waals surface area contributed by atoms with Gasteiger partial charge in [0.2, 0.25) is 11.0 Å². The van der Waals surface area contributed by atoms with Gasteiger partial charge in [-0.15, -0.1) is 0 Å². The van der Waals surface area contributed by atoms with Crippen molar-refractivity contribution in [3.63, 3.8) is 0 Å². The Morgan fingerprint density at radius 1 is 1.30 bits per heavy atom. The molecule has 1 amide bonds. The van der Waals surface area contributed by atoms with E-state index >= 15 is 0 Å². The predicted molar refractivity (Wildman–Crippen MR) is 89.8 cm³/mol. The first-order chi connectivity index (χ1) is 10.9. The Labute approximate surface area is 137 Å². The number of hydrogen-bond donors (Lipinski definition) is 3. The summed E-state index contributed by atoms with van der Waals surface area (Å²) in [6.45, 7) is 1.30. The summed E-state index contributed by atoms with van der Waals surface area (Å²) in [5, 5.41) is 4.87. The maximum absolute atomic E-state index is 12.2. The van der Waals surface area contributed by atoms with Gasteiger partial charge in [-0.2, -0.15) is 0 Å². The molecule has 4 N–H and O–H groups in total. The number of nitrogens with one attached hydrogen (secondary N) is 2. The van der Waals surface area contributed by atoms with Crippen molar-refractivity contribution in [1.82, 2.24) is 15.1 Å². The second-order valence-electron chi connectivity index (χ2n) is 4.59. The number of rotatable bonds is 3. The third kappa shape index (κ3) is 3.19. The van der Waals surface area contributed by atoms with E-state index in [0.29, 0.717) is 17.1 Å². The smallest absolute Gasteiger partial charge is 0.274 e. The van der Waals surface area contributed by atoms with Crippen molar-refractivity contribution in [3.8, 4) is 22.6 Å². The van der Waals surface area contributed by atoms with Crippen molar-refractivity contribution >= 4 is 29.1 Å². The summed E-state index contributed by atoms with van der Waals surface area (Å²) in [7, 11) is 3.01. The molecule has 23 heavy (non-hydrogen) atoms. The van der Waals surface area contributed by atoms with Gasteiger partial charge in [-0.25, -0.2) is 4.68 Å². The molecular weight excluding hydrogens is 320 g/mol. The SMILES string of the molecule is COc1ccc(-c2c(N)n(C(=S)NC(C)=O)[nH]c2=O)cc1OC. The zero-order chi connectivity index (χ0) is 17.1. The number of anilines is 1. The zero-order valence-electron chi connectivity index (χ0n) is 12.8. The molecule has 0 saturated heterocycles. The number of nitrogen functional groups attached to an aromatic ring is 1. The molecule has 1 aromatic heterocycles. The number of carbonyl (C=O) groups is 1. The summed E-state index contributed by atoms with van der Waals surface area (Å²) < 4.78 is 11.5. The number of aromatic nitrogens is 2. The maximum atomic E-state index is 12.2. The third-order valence-corrected chi connectivity index (χ3v) is 3.38. The Bertz CT molecular complexity index is 825. The van der Waals surface area contributed by atoms with Crippen molar-refractivity contribution in [1.29, 1.82) is 0 Å². The highest BCUT2D eigenvalue weighted by atomic mass is 32.1. The Kier molecular flexibility index (Phi) is 4.70. The van der Waals surface area contributed by atoms with E-state index in [9.17, 15) is 9.59 Å². The van der Waals surface area contributed by atoms with Crippen LogP contribution in [0.5, 0.6) is 11.5 Å². The van der Waals surface area contributed by atoms with Crippen LogP contribution in [0.15, 0.2) is 23.0 Å². The lowest BCUT2D eigenvalue weighted by Gasteiger charge is -2.10. The minimum atomic E-state index is -0.442. The van der Waals surface area contributed by atoms with Crippen LogP contribution in [0, 0.1) is 0 Å². The second kappa shape index (κ2) is 6.53. The van der Waals surface area contributed by atoms with Gasteiger partial charge in [0.1, 0.15) is 5.82 Å². The first-order valence-corrected chi connectivity index (χ1v) is 6.94. The lowest BCUT2D eigenvalue weighted by molar-refractivity contribution is -0.117. The lowest BCUT2D eigenvalue weighted by atomic mass is 10.1. The van der Waals surface area contributed by atoms with E-state index in [-0.39, 0.29) is 22.4 Å². The molecule has 0 fully saturated rings. The van der Waals surface area contributed by atoms with E-state index in [0.717, 1.165) is 4.68 Å². The van der Waals surface area contributed by atoms with Crippen LogP contribution < -0.4 is 26.1 Å². The minimum absolute atomic E-state index is 0.0150. The average Bonchev–Trinajstić information content (AvgIpc) is 2.81. The predicted octanol–water partition coefficient (Wildman–Crippen LogP) is 0.712. The topological polar surface area (TPSA) is 111 Å². The van der Waals surface area contributed by atoms with Gasteiger partial charge in [0.15, 0.2) is 11.5 Å². The number of ether oxygens (including phenoxy) is 2. The average molecular weight is 336 g/mol. The summed E-state index contributed by atoms with van der Waals surface area (Å²) in [6.07, 6.45) is 0. The highest BCUT2D eigenvalue weighted by Crippen LogP contribution is 2.32. The fraction of sp³-hybridized carbons (Fsp3) is 0.214. The number of carbonyl (C=O) groups excluding carboxylic acids is 1. The van der Waals surface area contributed by atoms with E-state index in [1.165, 1.54) is 21.1 Å². The number of nitrogens with two attached hydrogens (primary N) is 1. The van der Waals surface area contributed by atoms with Crippen LogP contribution in [0.25, 0.3) is 11.1 Å². The summed E-state index contributed by atoms with van der Waals surface area (Å²) in [4.78, 5) is 23.3. The van der Waals surface area contributed by atoms with Crippen LogP contribution in [-0.4, -0.2) is 35.0 Å². The molecule has 0 unspecified atom stereocenters. The van der Waals surface area contributed by atoms with Gasteiger partial charge in [0.05, 0.1) is 19.8 Å². The molecule has 1 aromatic carbocycles. The van der Waals surface area contributed by atoms with Crippen LogP contribution in [0.1, 0.15) is 6.92 Å². The van der Waals surface area contributed by atoms with Gasteiger partial charge >= 0.3 is 0 Å². The molecule has 0 bridgehead atoms. The van der Waals surface area contributed by atoms with Crippen LogP contribution in [0.4, 0.5) is 5.82 Å². The molecule has 2 rings (SSSR count). The third-order valence-electron chi connectivity index (χ3n) is 3.10. The van der Waals surface area contributed by atoms with Gasteiger partial charge in [0, 0.05) is 6.92 Å². The van der Waals surface area contributed by atoms with Crippen molar-refractivity contribution in [2.24, 2.45) is 0 Å². The van der Waals surface area contributed by atoms with Gasteiger partial charge in [-0.1, -0.05) is 6.07 Å². The van der Waals surface area contributed by atoms with Gasteiger partial charge in [-0.3, -0.25) is 14.7 Å². The summed E-state index contributed by atoms with van der Waals surface area (Å²) >= 11 is 5.03. The number of H-pyrrole nitrogens is 1. The van der Waals surface area contributed by atoms with Crippen molar-refractivity contribution in [3.05, 3.63) is 28.6 Å². The van der Waals surface area contributed by atoms with Crippen LogP contribution >= 0.6 is 12.2 Å². The van der Waals surface area contributed by atoms with E-state index in [1.54, 1.807) is 18.2 Å². The van der Waals surface area contributed by atoms with Crippen LogP contribution in [0.3, 0.4) is 0 Å². The molecule has 9 heteroatoms. The van der Waals surface area contributed by atoms with Crippen molar-refractivity contribution in [2.75, 3.05) is 20.0 Å². The van der Waals surface area contributed by atoms with Crippen molar-refractivity contribution < 1.29 is 14.3 Å². The highest BCUT2D eigenvalue weighted by molar-refractivity contribution is 7.80. The number of methoxy groups -OCH3 is 2. The minimum Gasteiger partial charge on any atom is -0.493 e. The number of thiocarbonyl (C=S) groups is 1. The van der Waals surface area contributed by atoms with E-state index in [1.807, 2.05) is 0 Å². The summed E-state index contributed by atoms with van der Waals surface area (Å²) in [5.41, 5.74) is 6.31. The molecule has 0 aliphatic carbocycles. The Morgan fingerprint density at radius 2 is 1.96 bits per heavy atom.